The molecule has 0 aliphatic carbocycles. The van der Waals surface area contributed by atoms with Gasteiger partial charge in [-0.15, -0.1) is 0 Å². The van der Waals surface area contributed by atoms with Gasteiger partial charge in [-0.25, -0.2) is 9.18 Å². The Hall–Kier alpha value is -2.62. The third-order valence-corrected chi connectivity index (χ3v) is 2.05. The van der Waals surface area contributed by atoms with E-state index in [0.29, 0.717) is 0 Å². The molecule has 1 aromatic rings. The van der Waals surface area contributed by atoms with Crippen molar-refractivity contribution in [3.05, 3.63) is 29.6 Å². The molecule has 1 rings (SSSR count). The molecule has 100 valence electrons. The summed E-state index contributed by atoms with van der Waals surface area (Å²) in [6.45, 7) is 1.58. The highest BCUT2D eigenvalue weighted by molar-refractivity contribution is 5.92. The highest BCUT2D eigenvalue weighted by Crippen LogP contribution is 2.15. The van der Waals surface area contributed by atoms with Crippen LogP contribution in [0.25, 0.3) is 0 Å². The monoisotopic (exact) mass is 265 g/mol. The van der Waals surface area contributed by atoms with Crippen molar-refractivity contribution in [2.75, 3.05) is 18.5 Å². The summed E-state index contributed by atoms with van der Waals surface area (Å²) in [4.78, 5) is 22.4. The largest absolute Gasteiger partial charge is 0.465 e. The highest BCUT2D eigenvalue weighted by Gasteiger charge is 2.09. The van der Waals surface area contributed by atoms with E-state index in [1.807, 2.05) is 0 Å². The number of esters is 1. The van der Waals surface area contributed by atoms with Gasteiger partial charge in [0.1, 0.15) is 18.4 Å². The van der Waals surface area contributed by atoms with Crippen LogP contribution in [0, 0.1) is 17.1 Å². The molecule has 0 heterocycles. The minimum atomic E-state index is -0.684. The van der Waals surface area contributed by atoms with Crippen molar-refractivity contribution < 1.29 is 18.7 Å². The zero-order valence-corrected chi connectivity index (χ0v) is 10.2. The first kappa shape index (κ1) is 14.4. The molecule has 2 amide bonds. The number of rotatable bonds is 4. The lowest BCUT2D eigenvalue weighted by Crippen LogP contribution is -2.34. The van der Waals surface area contributed by atoms with Crippen molar-refractivity contribution in [3.63, 3.8) is 0 Å². The van der Waals surface area contributed by atoms with E-state index in [2.05, 4.69) is 15.4 Å². The third-order valence-electron chi connectivity index (χ3n) is 2.05. The average Bonchev–Trinajstić information content (AvgIpc) is 2.39. The van der Waals surface area contributed by atoms with Gasteiger partial charge in [0.25, 0.3) is 0 Å². The second kappa shape index (κ2) is 6.96. The summed E-state index contributed by atoms with van der Waals surface area (Å²) in [6.07, 6.45) is 0. The van der Waals surface area contributed by atoms with Crippen LogP contribution in [-0.2, 0) is 9.53 Å². The number of ether oxygens (including phenoxy) is 1. The van der Waals surface area contributed by atoms with Crippen LogP contribution in [0.1, 0.15) is 12.5 Å². The summed E-state index contributed by atoms with van der Waals surface area (Å²) < 4.78 is 17.5. The molecule has 7 heteroatoms. The number of carbonyl (C=O) groups excluding carboxylic acids is 2. The summed E-state index contributed by atoms with van der Waals surface area (Å²) in [5, 5.41) is 13.4. The Labute approximate surface area is 109 Å². The van der Waals surface area contributed by atoms with Crippen LogP contribution >= 0.6 is 0 Å². The molecule has 0 fully saturated rings. The Kier molecular flexibility index (Phi) is 5.29. The highest BCUT2D eigenvalue weighted by atomic mass is 19.1. The molecule has 0 aliphatic heterocycles. The molecule has 0 aliphatic rings. The lowest BCUT2D eigenvalue weighted by atomic mass is 10.2. The van der Waals surface area contributed by atoms with Gasteiger partial charge in [0.15, 0.2) is 0 Å². The summed E-state index contributed by atoms with van der Waals surface area (Å²) in [5.74, 6) is -1.15. The van der Waals surface area contributed by atoms with E-state index in [1.54, 1.807) is 13.0 Å². The van der Waals surface area contributed by atoms with Crippen LogP contribution < -0.4 is 10.6 Å². The van der Waals surface area contributed by atoms with Gasteiger partial charge in [0.2, 0.25) is 0 Å². The lowest BCUT2D eigenvalue weighted by molar-refractivity contribution is -0.141. The fourth-order valence-corrected chi connectivity index (χ4v) is 1.25. The second-order valence-electron chi connectivity index (χ2n) is 3.41. The molecule has 19 heavy (non-hydrogen) atoms. The van der Waals surface area contributed by atoms with E-state index in [0.717, 1.165) is 12.1 Å². The minimum absolute atomic E-state index is 0.00807. The summed E-state index contributed by atoms with van der Waals surface area (Å²) in [5.41, 5.74) is 0.150. The number of nitrogens with one attached hydrogen (secondary N) is 2. The molecule has 0 unspecified atom stereocenters. The van der Waals surface area contributed by atoms with Gasteiger partial charge in [0, 0.05) is 0 Å². The maximum atomic E-state index is 12.9. The normalized spacial score (nSPS) is 9.32. The van der Waals surface area contributed by atoms with Gasteiger partial charge < -0.3 is 15.4 Å². The smallest absolute Gasteiger partial charge is 0.325 e. The van der Waals surface area contributed by atoms with Crippen LogP contribution in [0.15, 0.2) is 18.2 Å². The van der Waals surface area contributed by atoms with Gasteiger partial charge in [-0.3, -0.25) is 4.79 Å². The van der Waals surface area contributed by atoms with E-state index in [9.17, 15) is 14.0 Å². The predicted molar refractivity (Wildman–Crippen MR) is 64.8 cm³/mol. The number of nitrogens with zero attached hydrogens (tertiary/aromatic N) is 1. The Morgan fingerprint density at radius 3 is 2.84 bits per heavy atom. The number of hydrogen-bond acceptors (Lipinski definition) is 4. The number of anilines is 1. The van der Waals surface area contributed by atoms with E-state index in [4.69, 9.17) is 5.26 Å². The number of benzene rings is 1. The first-order valence-corrected chi connectivity index (χ1v) is 5.47. The Bertz CT molecular complexity index is 525. The molecule has 0 aromatic heterocycles. The molecule has 0 saturated heterocycles. The molecular weight excluding hydrogens is 253 g/mol. The molecule has 0 spiro atoms. The zero-order valence-electron chi connectivity index (χ0n) is 10.2. The summed E-state index contributed by atoms with van der Waals surface area (Å²) in [6, 6.07) is 4.44. The Balaban J connectivity index is 2.58. The quantitative estimate of drug-likeness (QED) is 0.804. The number of halogens is 1. The van der Waals surface area contributed by atoms with Gasteiger partial charge in [0.05, 0.1) is 17.9 Å². The van der Waals surface area contributed by atoms with E-state index in [1.165, 1.54) is 6.07 Å². The van der Waals surface area contributed by atoms with E-state index in [-0.39, 0.29) is 24.4 Å². The summed E-state index contributed by atoms with van der Waals surface area (Å²) >= 11 is 0. The number of carbonyl (C=O) groups is 2. The van der Waals surface area contributed by atoms with Crippen LogP contribution in [0.5, 0.6) is 0 Å². The van der Waals surface area contributed by atoms with Crippen molar-refractivity contribution in [3.8, 4) is 6.07 Å². The summed E-state index contributed by atoms with van der Waals surface area (Å²) in [7, 11) is 0. The van der Waals surface area contributed by atoms with Gasteiger partial charge in [-0.1, -0.05) is 0 Å². The van der Waals surface area contributed by atoms with E-state index < -0.39 is 17.8 Å². The third kappa shape index (κ3) is 4.63. The second-order valence-corrected chi connectivity index (χ2v) is 3.41. The molecule has 6 nitrogen and oxygen atoms in total. The maximum Gasteiger partial charge on any atom is 0.325 e. The van der Waals surface area contributed by atoms with Crippen LogP contribution in [-0.4, -0.2) is 25.2 Å². The van der Waals surface area contributed by atoms with Crippen molar-refractivity contribution in [1.82, 2.24) is 5.32 Å². The van der Waals surface area contributed by atoms with Crippen LogP contribution in [0.2, 0.25) is 0 Å². The van der Waals surface area contributed by atoms with Crippen molar-refractivity contribution >= 4 is 17.7 Å². The van der Waals surface area contributed by atoms with Crippen molar-refractivity contribution in [2.45, 2.75) is 6.92 Å². The molecular formula is C12H12FN3O3. The average molecular weight is 265 g/mol. The fraction of sp³-hybridized carbons (Fsp3) is 0.250. The molecule has 0 bridgehead atoms. The molecule has 0 saturated carbocycles. The Morgan fingerprint density at radius 2 is 2.21 bits per heavy atom. The molecule has 0 atom stereocenters. The number of urea groups is 1. The van der Waals surface area contributed by atoms with E-state index >= 15 is 0 Å². The minimum Gasteiger partial charge on any atom is -0.465 e. The van der Waals surface area contributed by atoms with Crippen LogP contribution in [0.4, 0.5) is 14.9 Å². The molecule has 2 N–H and O–H groups in total. The standard InChI is InChI=1S/C12H12FN3O3/c1-2-19-11(17)7-15-12(18)16-10-4-3-9(13)5-8(10)6-14/h3-5H,2,7H2,1H3,(H2,15,16,18). The maximum absolute atomic E-state index is 12.9. The van der Waals surface area contributed by atoms with Crippen molar-refractivity contribution in [1.29, 1.82) is 5.26 Å². The predicted octanol–water partition coefficient (Wildman–Crippen LogP) is 1.38. The van der Waals surface area contributed by atoms with Gasteiger partial charge >= 0.3 is 12.0 Å². The SMILES string of the molecule is CCOC(=O)CNC(=O)Nc1ccc(F)cc1C#N. The molecule has 1 aromatic carbocycles. The Morgan fingerprint density at radius 1 is 1.47 bits per heavy atom. The topological polar surface area (TPSA) is 91.2 Å². The zero-order chi connectivity index (χ0) is 14.3. The lowest BCUT2D eigenvalue weighted by Gasteiger charge is -2.08. The van der Waals surface area contributed by atoms with Crippen LogP contribution in [0.3, 0.4) is 0 Å². The molecule has 0 radical (unpaired) electrons. The first-order valence-electron chi connectivity index (χ1n) is 5.47. The van der Waals surface area contributed by atoms with Gasteiger partial charge in [-0.2, -0.15) is 5.26 Å². The van der Waals surface area contributed by atoms with Gasteiger partial charge in [-0.05, 0) is 25.1 Å². The number of nitriles is 1. The first-order chi connectivity index (χ1) is 9.06. The number of amides is 2. The number of hydrogen-bond donors (Lipinski definition) is 2. The fourth-order valence-electron chi connectivity index (χ4n) is 1.25. The van der Waals surface area contributed by atoms with Crippen molar-refractivity contribution in [2.24, 2.45) is 0 Å².